The average Bonchev–Trinajstić information content (AvgIpc) is 2.98. The summed E-state index contributed by atoms with van der Waals surface area (Å²) in [7, 11) is 0. The third-order valence-corrected chi connectivity index (χ3v) is 9.00. The number of hydrogen-bond acceptors (Lipinski definition) is 2. The van der Waals surface area contributed by atoms with E-state index in [2.05, 4.69) is 42.5 Å². The molecule has 0 fully saturated rings. The number of amides is 2. The molecule has 0 aliphatic carbocycles. The first kappa shape index (κ1) is 36.2. The van der Waals surface area contributed by atoms with E-state index in [4.69, 9.17) is 0 Å². The van der Waals surface area contributed by atoms with Gasteiger partial charge in [0.1, 0.15) is 0 Å². The molecule has 4 rings (SSSR count). The van der Waals surface area contributed by atoms with Gasteiger partial charge in [-0.05, 0) is 102 Å². The van der Waals surface area contributed by atoms with Crippen molar-refractivity contribution in [3.8, 4) is 0 Å². The topological polar surface area (TPSA) is 58.2 Å². The minimum atomic E-state index is -5.88. The van der Waals surface area contributed by atoms with Gasteiger partial charge in [-0.25, -0.2) is 0 Å². The lowest BCUT2D eigenvalue weighted by molar-refractivity contribution is -0.288. The predicted octanol–water partition coefficient (Wildman–Crippen LogP) is 11.4. The number of benzene rings is 4. The molecule has 0 saturated carbocycles. The molecule has 0 aliphatic rings. The van der Waals surface area contributed by atoms with E-state index < -0.39 is 52.5 Å². The summed E-state index contributed by atoms with van der Waals surface area (Å²) in [6.07, 6.45) is -11.8. The van der Waals surface area contributed by atoms with Crippen LogP contribution in [0.25, 0.3) is 0 Å². The van der Waals surface area contributed by atoms with Crippen molar-refractivity contribution in [3.05, 3.63) is 127 Å². The molecule has 248 valence electrons. The molecule has 2 amide bonds. The van der Waals surface area contributed by atoms with Gasteiger partial charge in [0.2, 0.25) is 5.41 Å². The second kappa shape index (κ2) is 13.8. The van der Waals surface area contributed by atoms with Gasteiger partial charge in [-0.15, -0.1) is 0 Å². The molecule has 47 heavy (non-hydrogen) atoms. The largest absolute Gasteiger partial charge is 0.411 e. The Balaban J connectivity index is 1.97. The lowest BCUT2D eigenvalue weighted by Crippen LogP contribution is -2.55. The highest BCUT2D eigenvalue weighted by Crippen LogP contribution is 2.58. The van der Waals surface area contributed by atoms with Gasteiger partial charge in [0, 0.05) is 20.1 Å². The first-order valence-electron chi connectivity index (χ1n) is 14.4. The molecule has 4 aromatic rings. The van der Waals surface area contributed by atoms with Gasteiger partial charge >= 0.3 is 12.4 Å². The molecule has 0 bridgehead atoms. The number of rotatable bonds is 8. The third-order valence-electron chi connectivity index (χ3n) is 7.75. The molecule has 0 aromatic heterocycles. The summed E-state index contributed by atoms with van der Waals surface area (Å²) in [6.45, 7) is 6.41. The maximum absolute atomic E-state index is 15.3. The van der Waals surface area contributed by atoms with Crippen LogP contribution in [-0.2, 0) is 5.41 Å². The predicted molar refractivity (Wildman–Crippen MR) is 178 cm³/mol. The van der Waals surface area contributed by atoms with E-state index >= 15 is 26.3 Å². The fourth-order valence-corrected chi connectivity index (χ4v) is 6.55. The monoisotopic (exact) mass is 782 g/mol. The van der Waals surface area contributed by atoms with Gasteiger partial charge in [-0.3, -0.25) is 9.59 Å². The molecule has 0 aliphatic heterocycles. The summed E-state index contributed by atoms with van der Waals surface area (Å²) in [6, 6.07) is 19.2. The van der Waals surface area contributed by atoms with Gasteiger partial charge in [0.15, 0.2) is 0 Å². The maximum Gasteiger partial charge on any atom is 0.411 e. The van der Waals surface area contributed by atoms with E-state index in [9.17, 15) is 9.59 Å². The molecule has 12 heteroatoms. The summed E-state index contributed by atoms with van der Waals surface area (Å²) in [5.41, 5.74) is -5.94. The fourth-order valence-electron chi connectivity index (χ4n) is 5.40. The van der Waals surface area contributed by atoms with Crippen LogP contribution in [0.5, 0.6) is 0 Å². The Bertz CT molecular complexity index is 1640. The van der Waals surface area contributed by atoms with E-state index in [1.807, 2.05) is 0 Å². The third kappa shape index (κ3) is 7.13. The number of anilines is 2. The number of alkyl halides is 6. The Morgan fingerprint density at radius 3 is 1.17 bits per heavy atom. The molecule has 2 N–H and O–H groups in total. The first-order chi connectivity index (χ1) is 21.9. The van der Waals surface area contributed by atoms with Crippen LogP contribution in [-0.4, -0.2) is 24.2 Å². The lowest BCUT2D eigenvalue weighted by Gasteiger charge is -2.39. The van der Waals surface area contributed by atoms with Crippen molar-refractivity contribution in [1.82, 2.24) is 0 Å². The molecule has 0 heterocycles. The van der Waals surface area contributed by atoms with Crippen LogP contribution < -0.4 is 10.6 Å². The van der Waals surface area contributed by atoms with Gasteiger partial charge in [0.25, 0.3) is 11.8 Å². The van der Waals surface area contributed by atoms with E-state index in [0.29, 0.717) is 0 Å². The van der Waals surface area contributed by atoms with Crippen LogP contribution in [0.4, 0.5) is 37.7 Å². The van der Waals surface area contributed by atoms with Crippen molar-refractivity contribution in [1.29, 1.82) is 0 Å². The van der Waals surface area contributed by atoms with Crippen molar-refractivity contribution in [3.63, 3.8) is 0 Å². The number of halogens is 8. The summed E-state index contributed by atoms with van der Waals surface area (Å²) in [4.78, 5) is 25.9. The highest BCUT2D eigenvalue weighted by atomic mass is 79.9. The van der Waals surface area contributed by atoms with Gasteiger partial charge in [0.05, 0.1) is 11.4 Å². The second-order valence-corrected chi connectivity index (χ2v) is 13.2. The molecular formula is C35H30Br2F6N2O2. The second-order valence-electron chi connectivity index (χ2n) is 11.5. The Hall–Kier alpha value is -3.64. The Labute approximate surface area is 285 Å². The standard InChI is InChI=1S/C35H30Br2F6N2O2/c1-19(2)25-15-23(17-27(36)29(25)44-31(46)21-11-7-5-8-12-21)33(34(38,39)40,35(41,42)43)24-16-26(20(3)4)30(28(37)18-24)45-32(47)22-13-9-6-10-14-22/h5-20H,1-4H3,(H,44,46)(H,45,47). The van der Waals surface area contributed by atoms with Crippen LogP contribution >= 0.6 is 31.9 Å². The van der Waals surface area contributed by atoms with Gasteiger partial charge < -0.3 is 10.6 Å². The zero-order valence-electron chi connectivity index (χ0n) is 25.6. The normalized spacial score (nSPS) is 12.4. The van der Waals surface area contributed by atoms with Crippen molar-refractivity contribution < 1.29 is 35.9 Å². The summed E-state index contributed by atoms with van der Waals surface area (Å²) >= 11 is 6.35. The van der Waals surface area contributed by atoms with Crippen molar-refractivity contribution >= 4 is 55.0 Å². The Morgan fingerprint density at radius 2 is 0.894 bits per heavy atom. The number of hydrogen-bond donors (Lipinski definition) is 2. The maximum atomic E-state index is 15.3. The Kier molecular flexibility index (Phi) is 10.7. The lowest BCUT2D eigenvalue weighted by atomic mass is 9.71. The Morgan fingerprint density at radius 1 is 0.574 bits per heavy atom. The summed E-state index contributed by atoms with van der Waals surface area (Å²) in [5.74, 6) is -2.36. The summed E-state index contributed by atoms with van der Waals surface area (Å²) < 4.78 is 91.8. The minimum absolute atomic E-state index is 0.0545. The molecular weight excluding hydrogens is 754 g/mol. The van der Waals surface area contributed by atoms with Crippen LogP contribution in [0.3, 0.4) is 0 Å². The van der Waals surface area contributed by atoms with Crippen LogP contribution in [0, 0.1) is 0 Å². The van der Waals surface area contributed by atoms with Crippen LogP contribution in [0.15, 0.2) is 93.9 Å². The first-order valence-corrected chi connectivity index (χ1v) is 16.0. The van der Waals surface area contributed by atoms with E-state index in [1.54, 1.807) is 64.1 Å². The molecule has 0 saturated heterocycles. The SMILES string of the molecule is CC(C)c1cc(C(c2cc(Br)c(NC(=O)c3ccccc3)c(C(C)C)c2)(C(F)(F)F)C(F)(F)F)cc(Br)c1NC(=O)c1ccccc1. The van der Waals surface area contributed by atoms with Gasteiger partial charge in [-0.1, -0.05) is 76.2 Å². The van der Waals surface area contributed by atoms with E-state index in [0.717, 1.165) is 24.3 Å². The van der Waals surface area contributed by atoms with E-state index in [-0.39, 0.29) is 42.6 Å². The molecule has 0 unspecified atom stereocenters. The quantitative estimate of drug-likeness (QED) is 0.175. The highest BCUT2D eigenvalue weighted by molar-refractivity contribution is 9.11. The number of carbonyl (C=O) groups excluding carboxylic acids is 2. The zero-order valence-corrected chi connectivity index (χ0v) is 28.7. The van der Waals surface area contributed by atoms with Crippen LogP contribution in [0.2, 0.25) is 0 Å². The zero-order chi connectivity index (χ0) is 34.9. The fraction of sp³-hybridized carbons (Fsp3) is 0.257. The van der Waals surface area contributed by atoms with E-state index in [1.165, 1.54) is 24.3 Å². The molecule has 0 radical (unpaired) electrons. The number of carbonyl (C=O) groups is 2. The molecule has 4 nitrogen and oxygen atoms in total. The van der Waals surface area contributed by atoms with Gasteiger partial charge in [-0.2, -0.15) is 26.3 Å². The smallest absolute Gasteiger partial charge is 0.321 e. The van der Waals surface area contributed by atoms with Crippen molar-refractivity contribution in [2.75, 3.05) is 10.6 Å². The number of nitrogens with one attached hydrogen (secondary N) is 2. The van der Waals surface area contributed by atoms with Crippen molar-refractivity contribution in [2.24, 2.45) is 0 Å². The molecule has 0 spiro atoms. The molecule has 0 atom stereocenters. The molecule has 4 aromatic carbocycles. The minimum Gasteiger partial charge on any atom is -0.321 e. The summed E-state index contributed by atoms with van der Waals surface area (Å²) in [5, 5.41) is 5.30. The highest BCUT2D eigenvalue weighted by Gasteiger charge is 2.72. The average molecular weight is 784 g/mol. The van der Waals surface area contributed by atoms with Crippen molar-refractivity contribution in [2.45, 2.75) is 57.3 Å². The van der Waals surface area contributed by atoms with Crippen LogP contribution in [0.1, 0.15) is 82.5 Å².